The molecule has 27 heavy (non-hydrogen) atoms. The minimum Gasteiger partial charge on any atom is -0.394 e. The Labute approximate surface area is 156 Å². The van der Waals surface area contributed by atoms with Crippen LogP contribution in [-0.2, 0) is 25.4 Å². The van der Waals surface area contributed by atoms with Crippen LogP contribution in [0.5, 0.6) is 0 Å². The minimum atomic E-state index is -0.849. The highest BCUT2D eigenvalue weighted by Crippen LogP contribution is 2.42. The summed E-state index contributed by atoms with van der Waals surface area (Å²) in [6.45, 7) is 3.26. The van der Waals surface area contributed by atoms with Crippen LogP contribution >= 0.6 is 0 Å². The number of rotatable bonds is 8. The van der Waals surface area contributed by atoms with E-state index in [9.17, 15) is 19.5 Å². The van der Waals surface area contributed by atoms with Crippen molar-refractivity contribution in [3.63, 3.8) is 0 Å². The number of fused-ring (bicyclic) bond motifs is 1. The first kappa shape index (κ1) is 19.9. The molecule has 1 aromatic heterocycles. The Morgan fingerprint density at radius 1 is 1.22 bits per heavy atom. The molecule has 3 heterocycles. The molecule has 0 aromatic carbocycles. The molecule has 1 aromatic rings. The van der Waals surface area contributed by atoms with E-state index >= 15 is 0 Å². The summed E-state index contributed by atoms with van der Waals surface area (Å²) < 4.78 is 18.8. The molecule has 0 aliphatic carbocycles. The first-order valence-corrected chi connectivity index (χ1v) is 9.26. The van der Waals surface area contributed by atoms with Crippen molar-refractivity contribution in [2.24, 2.45) is 0 Å². The third-order valence-electron chi connectivity index (χ3n) is 4.89. The normalized spacial score (nSPS) is 29.0. The molecule has 9 heteroatoms. The lowest BCUT2D eigenvalue weighted by Crippen LogP contribution is -2.38. The van der Waals surface area contributed by atoms with Crippen molar-refractivity contribution in [2.45, 2.75) is 76.3 Å². The van der Waals surface area contributed by atoms with Gasteiger partial charge in [0.2, 0.25) is 0 Å². The monoisotopic (exact) mass is 382 g/mol. The van der Waals surface area contributed by atoms with Gasteiger partial charge in [-0.1, -0.05) is 6.42 Å². The molecule has 0 radical (unpaired) electrons. The molecule has 2 saturated heterocycles. The van der Waals surface area contributed by atoms with Crippen molar-refractivity contribution in [3.05, 3.63) is 32.6 Å². The van der Waals surface area contributed by atoms with Crippen LogP contribution in [0.2, 0.25) is 0 Å². The van der Waals surface area contributed by atoms with Gasteiger partial charge < -0.3 is 24.1 Å². The third kappa shape index (κ3) is 4.21. The van der Waals surface area contributed by atoms with Crippen LogP contribution < -0.4 is 11.2 Å². The molecule has 2 unspecified atom stereocenters. The summed E-state index contributed by atoms with van der Waals surface area (Å²) in [4.78, 5) is 37.2. The van der Waals surface area contributed by atoms with Crippen LogP contribution in [0.25, 0.3) is 0 Å². The number of carbonyl (C=O) groups excluding carboxylic acids is 1. The number of unbranched alkanes of at least 4 members (excludes halogenated alkanes) is 3. The van der Waals surface area contributed by atoms with Crippen LogP contribution in [0.4, 0.5) is 0 Å². The second-order valence-corrected chi connectivity index (χ2v) is 7.40. The molecule has 0 amide bonds. The number of H-pyrrole nitrogens is 1. The van der Waals surface area contributed by atoms with E-state index in [1.54, 1.807) is 13.8 Å². The smallest absolute Gasteiger partial charge is 0.330 e. The fourth-order valence-electron chi connectivity index (χ4n) is 3.64. The maximum absolute atomic E-state index is 12.4. The lowest BCUT2D eigenvalue weighted by atomic mass is 10.1. The van der Waals surface area contributed by atoms with Crippen molar-refractivity contribution >= 4 is 6.29 Å². The Morgan fingerprint density at radius 2 is 1.96 bits per heavy atom. The molecule has 3 rings (SSSR count). The van der Waals surface area contributed by atoms with Gasteiger partial charge in [-0.15, -0.1) is 0 Å². The maximum Gasteiger partial charge on any atom is 0.330 e. The molecule has 4 atom stereocenters. The summed E-state index contributed by atoms with van der Waals surface area (Å²) in [5.74, 6) is -0.849. The lowest BCUT2D eigenvalue weighted by Gasteiger charge is -2.24. The number of hydrogen-bond donors (Lipinski definition) is 2. The zero-order chi connectivity index (χ0) is 19.6. The van der Waals surface area contributed by atoms with Gasteiger partial charge in [-0.05, 0) is 33.1 Å². The van der Waals surface area contributed by atoms with Gasteiger partial charge in [-0.3, -0.25) is 14.3 Å². The number of ether oxygens (including phenoxy) is 3. The van der Waals surface area contributed by atoms with E-state index in [0.29, 0.717) is 18.4 Å². The molecule has 2 aliphatic rings. The summed E-state index contributed by atoms with van der Waals surface area (Å²) >= 11 is 0. The van der Waals surface area contributed by atoms with Crippen molar-refractivity contribution in [2.75, 3.05) is 6.61 Å². The fourth-order valence-corrected chi connectivity index (χ4v) is 3.64. The van der Waals surface area contributed by atoms with Gasteiger partial charge in [-0.25, -0.2) is 4.79 Å². The molecule has 0 spiro atoms. The number of aromatic nitrogens is 2. The summed E-state index contributed by atoms with van der Waals surface area (Å²) in [7, 11) is 0. The highest BCUT2D eigenvalue weighted by atomic mass is 16.8. The minimum absolute atomic E-state index is 0.265. The van der Waals surface area contributed by atoms with E-state index < -0.39 is 41.6 Å². The largest absolute Gasteiger partial charge is 0.394 e. The number of aliphatic hydroxyl groups excluding tert-OH is 1. The number of carbonyl (C=O) groups is 1. The number of nitrogens with zero attached hydrogens (tertiary/aromatic N) is 1. The number of aromatic amines is 1. The van der Waals surface area contributed by atoms with Crippen molar-refractivity contribution < 1.29 is 24.1 Å². The summed E-state index contributed by atoms with van der Waals surface area (Å²) in [6, 6.07) is 0. The Hall–Kier alpha value is -1.81. The summed E-state index contributed by atoms with van der Waals surface area (Å²) in [6.07, 6.45) is 3.21. The number of aldehydes is 1. The van der Waals surface area contributed by atoms with E-state index in [1.165, 1.54) is 10.8 Å². The van der Waals surface area contributed by atoms with Crippen LogP contribution in [0, 0.1) is 0 Å². The standard InChI is InChI=1S/C18H26N2O7/c1-18(2)26-13-12(10-22)25-16(14(13)27-18)20-9-11(15(23)19-17(20)24)7-5-3-4-6-8-21/h8-9,12-14,16,22H,3-7,10H2,1-2H3,(H,19,23,24)/t12-,13?,14?,16-/m1/s1. The highest BCUT2D eigenvalue weighted by Gasteiger charge is 2.55. The van der Waals surface area contributed by atoms with Crippen molar-refractivity contribution in [1.29, 1.82) is 0 Å². The summed E-state index contributed by atoms with van der Waals surface area (Å²) in [5, 5.41) is 9.57. The Kier molecular flexibility index (Phi) is 5.95. The van der Waals surface area contributed by atoms with Crippen LogP contribution in [0.15, 0.2) is 15.8 Å². The average molecular weight is 382 g/mol. The van der Waals surface area contributed by atoms with Crippen LogP contribution in [-0.4, -0.2) is 51.6 Å². The molecule has 9 nitrogen and oxygen atoms in total. The Morgan fingerprint density at radius 3 is 2.67 bits per heavy atom. The molecule has 2 aliphatic heterocycles. The van der Waals surface area contributed by atoms with E-state index in [0.717, 1.165) is 25.5 Å². The zero-order valence-electron chi connectivity index (χ0n) is 15.6. The SMILES string of the molecule is CC1(C)OC2C(O1)[C@@H](CO)O[C@H]2n1cc(CCCCCC=O)c(=O)[nH]c1=O. The van der Waals surface area contributed by atoms with Gasteiger partial charge in [-0.2, -0.15) is 0 Å². The third-order valence-corrected chi connectivity index (χ3v) is 4.89. The molecular weight excluding hydrogens is 356 g/mol. The Bertz CT molecular complexity index is 785. The average Bonchev–Trinajstić information content (AvgIpc) is 3.09. The van der Waals surface area contributed by atoms with Crippen molar-refractivity contribution in [3.8, 4) is 0 Å². The molecular formula is C18H26N2O7. The quantitative estimate of drug-likeness (QED) is 0.488. The van der Waals surface area contributed by atoms with Crippen molar-refractivity contribution in [1.82, 2.24) is 9.55 Å². The predicted molar refractivity (Wildman–Crippen MR) is 94.4 cm³/mol. The van der Waals surface area contributed by atoms with Gasteiger partial charge >= 0.3 is 5.69 Å². The van der Waals surface area contributed by atoms with E-state index in [1.807, 2.05) is 0 Å². The van der Waals surface area contributed by atoms with Gasteiger partial charge in [0, 0.05) is 18.2 Å². The highest BCUT2D eigenvalue weighted by molar-refractivity contribution is 5.48. The van der Waals surface area contributed by atoms with Gasteiger partial charge in [0.15, 0.2) is 12.0 Å². The Balaban J connectivity index is 1.81. The van der Waals surface area contributed by atoms with E-state index in [-0.39, 0.29) is 6.61 Å². The zero-order valence-corrected chi connectivity index (χ0v) is 15.6. The van der Waals surface area contributed by atoms with Crippen LogP contribution in [0.3, 0.4) is 0 Å². The first-order valence-electron chi connectivity index (χ1n) is 9.26. The van der Waals surface area contributed by atoms with E-state index in [2.05, 4.69) is 4.98 Å². The molecule has 2 fully saturated rings. The predicted octanol–water partition coefficient (Wildman–Crippen LogP) is 0.248. The van der Waals surface area contributed by atoms with Crippen LogP contribution in [0.1, 0.15) is 51.3 Å². The fraction of sp³-hybridized carbons (Fsp3) is 0.722. The number of aryl methyl sites for hydroxylation is 1. The van der Waals surface area contributed by atoms with Gasteiger partial charge in [0.25, 0.3) is 5.56 Å². The molecule has 0 saturated carbocycles. The molecule has 0 bridgehead atoms. The second kappa shape index (κ2) is 8.05. The maximum atomic E-state index is 12.4. The van der Waals surface area contributed by atoms with Gasteiger partial charge in [0.05, 0.1) is 6.61 Å². The van der Waals surface area contributed by atoms with E-state index in [4.69, 9.17) is 14.2 Å². The number of aliphatic hydroxyl groups is 1. The van der Waals surface area contributed by atoms with Gasteiger partial charge in [0.1, 0.15) is 24.6 Å². The topological polar surface area (TPSA) is 120 Å². The lowest BCUT2D eigenvalue weighted by molar-refractivity contribution is -0.200. The molecule has 2 N–H and O–H groups in total. The number of hydrogen-bond acceptors (Lipinski definition) is 7. The molecule has 150 valence electrons. The summed E-state index contributed by atoms with van der Waals surface area (Å²) in [5.41, 5.74) is -0.560. The number of nitrogens with one attached hydrogen (secondary N) is 1. The first-order chi connectivity index (χ1) is 12.9. The second-order valence-electron chi connectivity index (χ2n) is 7.40.